The summed E-state index contributed by atoms with van der Waals surface area (Å²) in [6, 6.07) is 0. The summed E-state index contributed by atoms with van der Waals surface area (Å²) < 4.78 is 0. The molecule has 0 radical (unpaired) electrons. The molecular weight excluding hydrogens is 268 g/mol. The van der Waals surface area contributed by atoms with E-state index in [0.29, 0.717) is 0 Å². The number of hydrogen-bond acceptors (Lipinski definition) is 2. The first-order valence-corrected chi connectivity index (χ1v) is 9.78. The molecule has 0 saturated carbocycles. The average molecular weight is 315 g/mol. The van der Waals surface area contributed by atoms with Crippen LogP contribution in [0.5, 0.6) is 0 Å². The summed E-state index contributed by atoms with van der Waals surface area (Å²) in [5.41, 5.74) is 0. The summed E-state index contributed by atoms with van der Waals surface area (Å²) >= 11 is 0. The fraction of sp³-hybridized carbons (Fsp3) is 1.00. The standard InChI is InChI=1S/2C7H15N.2C3H8/c2*1-7-4-3-5-8(2)6-7;2*1-3-2/h2*7H,3-6H2,1-2H3;2*3H2,1-2H3/t2*7-;;/m10../s1. The normalized spacial score (nSPS) is 25.6. The Labute approximate surface area is 142 Å². The lowest BCUT2D eigenvalue weighted by Gasteiger charge is -2.26. The lowest BCUT2D eigenvalue weighted by Crippen LogP contribution is -2.30. The molecule has 2 saturated heterocycles. The van der Waals surface area contributed by atoms with Crippen molar-refractivity contribution in [2.75, 3.05) is 40.3 Å². The van der Waals surface area contributed by atoms with Crippen LogP contribution in [0.2, 0.25) is 0 Å². The van der Waals surface area contributed by atoms with E-state index in [2.05, 4.69) is 65.4 Å². The number of piperidine rings is 2. The van der Waals surface area contributed by atoms with Crippen LogP contribution in [-0.4, -0.2) is 50.1 Å². The van der Waals surface area contributed by atoms with Gasteiger partial charge in [0.25, 0.3) is 0 Å². The minimum atomic E-state index is 0.939. The quantitative estimate of drug-likeness (QED) is 0.580. The van der Waals surface area contributed by atoms with E-state index in [1.54, 1.807) is 0 Å². The number of likely N-dealkylation sites (tertiary alicyclic amines) is 2. The van der Waals surface area contributed by atoms with E-state index >= 15 is 0 Å². The van der Waals surface area contributed by atoms with E-state index in [0.717, 1.165) is 11.8 Å². The van der Waals surface area contributed by atoms with E-state index in [1.165, 1.54) is 64.7 Å². The molecule has 0 aromatic carbocycles. The molecular formula is C20H46N2. The summed E-state index contributed by atoms with van der Waals surface area (Å²) in [5, 5.41) is 0. The summed E-state index contributed by atoms with van der Waals surface area (Å²) in [5.74, 6) is 1.88. The van der Waals surface area contributed by atoms with Crippen LogP contribution in [0.1, 0.15) is 80.1 Å². The van der Waals surface area contributed by atoms with Gasteiger partial charge in [0, 0.05) is 13.1 Å². The summed E-state index contributed by atoms with van der Waals surface area (Å²) in [4.78, 5) is 4.82. The van der Waals surface area contributed by atoms with Gasteiger partial charge in [-0.1, -0.05) is 54.4 Å². The Bertz CT molecular complexity index is 168. The third-order valence-electron chi connectivity index (χ3n) is 3.72. The lowest BCUT2D eigenvalue weighted by atomic mass is 10.0. The van der Waals surface area contributed by atoms with Gasteiger partial charge in [-0.05, 0) is 64.7 Å². The zero-order valence-electron chi connectivity index (χ0n) is 17.1. The number of nitrogens with zero attached hydrogens (tertiary/aromatic N) is 2. The van der Waals surface area contributed by atoms with E-state index in [9.17, 15) is 0 Å². The van der Waals surface area contributed by atoms with Crippen molar-refractivity contribution in [3.8, 4) is 0 Å². The first kappa shape index (κ1) is 24.2. The van der Waals surface area contributed by atoms with Crippen LogP contribution in [0.4, 0.5) is 0 Å². The molecule has 0 aromatic rings. The lowest BCUT2D eigenvalue weighted by molar-refractivity contribution is 0.221. The molecule has 2 nitrogen and oxygen atoms in total. The SMILES string of the molecule is CCC.CCC.C[C@@H]1CCCN(C)C1.C[C@H]1CCCN(C)C1. The van der Waals surface area contributed by atoms with Gasteiger partial charge in [-0.15, -0.1) is 0 Å². The van der Waals surface area contributed by atoms with Crippen LogP contribution in [-0.2, 0) is 0 Å². The van der Waals surface area contributed by atoms with Crippen LogP contribution in [0.15, 0.2) is 0 Å². The molecule has 2 aliphatic rings. The van der Waals surface area contributed by atoms with Crippen molar-refractivity contribution in [2.24, 2.45) is 11.8 Å². The highest BCUT2D eigenvalue weighted by Gasteiger charge is 2.11. The van der Waals surface area contributed by atoms with Gasteiger partial charge in [0.1, 0.15) is 0 Å². The molecule has 22 heavy (non-hydrogen) atoms. The zero-order chi connectivity index (χ0) is 17.4. The zero-order valence-corrected chi connectivity index (χ0v) is 17.1. The van der Waals surface area contributed by atoms with Crippen molar-refractivity contribution in [2.45, 2.75) is 80.1 Å². The monoisotopic (exact) mass is 314 g/mol. The topological polar surface area (TPSA) is 6.48 Å². The summed E-state index contributed by atoms with van der Waals surface area (Å²) in [7, 11) is 4.41. The van der Waals surface area contributed by atoms with Gasteiger partial charge in [-0.3, -0.25) is 0 Å². The fourth-order valence-electron chi connectivity index (χ4n) is 2.85. The van der Waals surface area contributed by atoms with Gasteiger partial charge in [0.2, 0.25) is 0 Å². The largest absolute Gasteiger partial charge is 0.306 e. The predicted molar refractivity (Wildman–Crippen MR) is 104 cm³/mol. The maximum absolute atomic E-state index is 2.41. The highest BCUT2D eigenvalue weighted by molar-refractivity contribution is 4.66. The molecule has 0 aromatic heterocycles. The highest BCUT2D eigenvalue weighted by Crippen LogP contribution is 2.13. The molecule has 0 spiro atoms. The number of hydrogen-bond donors (Lipinski definition) is 0. The summed E-state index contributed by atoms with van der Waals surface area (Å²) in [6.45, 7) is 18.4. The smallest absolute Gasteiger partial charge is 0.000398 e. The van der Waals surface area contributed by atoms with Crippen molar-refractivity contribution >= 4 is 0 Å². The Morgan fingerprint density at radius 1 is 0.682 bits per heavy atom. The molecule has 0 bridgehead atoms. The second-order valence-corrected chi connectivity index (χ2v) is 7.43. The van der Waals surface area contributed by atoms with Crippen molar-refractivity contribution < 1.29 is 0 Å². The molecule has 2 aliphatic heterocycles. The van der Waals surface area contributed by atoms with Crippen LogP contribution < -0.4 is 0 Å². The van der Waals surface area contributed by atoms with Crippen molar-refractivity contribution in [3.05, 3.63) is 0 Å². The second-order valence-electron chi connectivity index (χ2n) is 7.43. The van der Waals surface area contributed by atoms with Crippen molar-refractivity contribution in [3.63, 3.8) is 0 Å². The predicted octanol–water partition coefficient (Wildman–Crippen LogP) is 5.53. The van der Waals surface area contributed by atoms with Crippen molar-refractivity contribution in [1.82, 2.24) is 9.80 Å². The van der Waals surface area contributed by atoms with Gasteiger partial charge in [-0.2, -0.15) is 0 Å². The molecule has 2 fully saturated rings. The maximum Gasteiger partial charge on any atom is 0.000398 e. The third-order valence-corrected chi connectivity index (χ3v) is 3.72. The van der Waals surface area contributed by atoms with E-state index in [4.69, 9.17) is 0 Å². The summed E-state index contributed by atoms with van der Waals surface area (Å²) in [6.07, 6.45) is 8.17. The average Bonchev–Trinajstić information content (AvgIpc) is 2.40. The Morgan fingerprint density at radius 2 is 0.955 bits per heavy atom. The molecule has 0 N–H and O–H groups in total. The van der Waals surface area contributed by atoms with E-state index in [1.807, 2.05) is 0 Å². The first-order valence-electron chi connectivity index (χ1n) is 9.78. The van der Waals surface area contributed by atoms with Crippen LogP contribution in [0.3, 0.4) is 0 Å². The Balaban J connectivity index is 0. The van der Waals surface area contributed by atoms with Crippen molar-refractivity contribution in [1.29, 1.82) is 0 Å². The van der Waals surface area contributed by atoms with Gasteiger partial charge in [0.15, 0.2) is 0 Å². The first-order chi connectivity index (χ1) is 10.4. The van der Waals surface area contributed by atoms with Crippen LogP contribution >= 0.6 is 0 Å². The molecule has 2 heteroatoms. The third kappa shape index (κ3) is 18.0. The Morgan fingerprint density at radius 3 is 1.09 bits per heavy atom. The molecule has 0 amide bonds. The molecule has 2 rings (SSSR count). The van der Waals surface area contributed by atoms with E-state index in [-0.39, 0.29) is 0 Å². The molecule has 2 heterocycles. The van der Waals surface area contributed by atoms with Gasteiger partial charge < -0.3 is 9.80 Å². The van der Waals surface area contributed by atoms with Gasteiger partial charge >= 0.3 is 0 Å². The van der Waals surface area contributed by atoms with Crippen LogP contribution in [0.25, 0.3) is 0 Å². The molecule has 0 aliphatic carbocycles. The Hall–Kier alpha value is -0.0800. The minimum absolute atomic E-state index is 0.939. The fourth-order valence-corrected chi connectivity index (χ4v) is 2.85. The Kier molecular flexibility index (Phi) is 19.0. The molecule has 2 atom stereocenters. The van der Waals surface area contributed by atoms with Gasteiger partial charge in [-0.25, -0.2) is 0 Å². The van der Waals surface area contributed by atoms with Gasteiger partial charge in [0.05, 0.1) is 0 Å². The minimum Gasteiger partial charge on any atom is -0.306 e. The number of rotatable bonds is 0. The maximum atomic E-state index is 2.41. The molecule has 0 unspecified atom stereocenters. The second kappa shape index (κ2) is 17.3. The highest BCUT2D eigenvalue weighted by atomic mass is 15.1. The van der Waals surface area contributed by atoms with Crippen LogP contribution in [0, 0.1) is 11.8 Å². The molecule has 136 valence electrons. The van der Waals surface area contributed by atoms with E-state index < -0.39 is 0 Å².